The van der Waals surface area contributed by atoms with E-state index in [-0.39, 0.29) is 23.9 Å². The number of benzene rings is 4. The van der Waals surface area contributed by atoms with Gasteiger partial charge in [-0.05, 0) is 72.3 Å². The molecule has 0 bridgehead atoms. The maximum absolute atomic E-state index is 13.5. The molecule has 0 fully saturated rings. The van der Waals surface area contributed by atoms with Crippen LogP contribution in [-0.2, 0) is 4.79 Å². The topological polar surface area (TPSA) is 108 Å². The van der Waals surface area contributed by atoms with Gasteiger partial charge in [-0.15, -0.1) is 0 Å². The second kappa shape index (κ2) is 11.6. The van der Waals surface area contributed by atoms with Gasteiger partial charge in [-0.25, -0.2) is 4.98 Å². The van der Waals surface area contributed by atoms with Crippen LogP contribution in [0, 0.1) is 0 Å². The highest BCUT2D eigenvalue weighted by Gasteiger charge is 2.16. The fourth-order valence-corrected chi connectivity index (χ4v) is 4.49. The maximum atomic E-state index is 13.5. The number of fused-ring (bicyclic) bond motifs is 2. The number of nitrogens with zero attached hydrogens (tertiary/aromatic N) is 3. The van der Waals surface area contributed by atoms with E-state index in [1.807, 2.05) is 36.4 Å². The van der Waals surface area contributed by atoms with Crippen molar-refractivity contribution in [2.75, 3.05) is 19.0 Å². The van der Waals surface area contributed by atoms with Gasteiger partial charge in [0, 0.05) is 16.1 Å². The fraction of sp³-hybridized carbons (Fsp3) is 0.0625. The second-order valence-corrected chi connectivity index (χ2v) is 9.65. The molecule has 0 unspecified atom stereocenters. The fourth-order valence-electron chi connectivity index (χ4n) is 4.36. The molecule has 2 heterocycles. The maximum Gasteiger partial charge on any atom is 0.282 e. The minimum atomic E-state index is -0.342. The van der Waals surface area contributed by atoms with Gasteiger partial charge in [-0.2, -0.15) is 9.78 Å². The van der Waals surface area contributed by atoms with Crippen LogP contribution in [0.15, 0.2) is 111 Å². The van der Waals surface area contributed by atoms with Crippen LogP contribution in [0.1, 0.15) is 5.56 Å². The zero-order valence-electron chi connectivity index (χ0n) is 22.3. The quantitative estimate of drug-likeness (QED) is 0.210. The SMILES string of the molecule is COc1cc(C=Nn2c(-c3cc4ccccc4o3)nc3ccccc3c2=O)ccc1OCC(=O)Nc1ccc(Cl)cc1. The average molecular weight is 579 g/mol. The van der Waals surface area contributed by atoms with Gasteiger partial charge in [-0.1, -0.05) is 41.9 Å². The largest absolute Gasteiger partial charge is 0.493 e. The number of carbonyl (C=O) groups excluding carboxylic acids is 1. The lowest BCUT2D eigenvalue weighted by molar-refractivity contribution is -0.118. The number of nitrogens with one attached hydrogen (secondary N) is 1. The van der Waals surface area contributed by atoms with Crippen molar-refractivity contribution in [2.45, 2.75) is 0 Å². The average Bonchev–Trinajstić information content (AvgIpc) is 3.45. The first-order chi connectivity index (χ1) is 20.5. The Bertz CT molecular complexity index is 1980. The number of hydrogen-bond acceptors (Lipinski definition) is 7. The van der Waals surface area contributed by atoms with Gasteiger partial charge in [0.1, 0.15) is 5.58 Å². The van der Waals surface area contributed by atoms with Gasteiger partial charge < -0.3 is 19.2 Å². The Labute approximate surface area is 244 Å². The summed E-state index contributed by atoms with van der Waals surface area (Å²) >= 11 is 5.89. The third kappa shape index (κ3) is 5.59. The summed E-state index contributed by atoms with van der Waals surface area (Å²) < 4.78 is 18.4. The third-order valence-electron chi connectivity index (χ3n) is 6.40. The summed E-state index contributed by atoms with van der Waals surface area (Å²) in [4.78, 5) is 30.6. The van der Waals surface area contributed by atoms with Crippen LogP contribution in [0.2, 0.25) is 5.02 Å². The zero-order valence-corrected chi connectivity index (χ0v) is 23.0. The Morgan fingerprint density at radius 3 is 2.60 bits per heavy atom. The number of halogens is 1. The monoisotopic (exact) mass is 578 g/mol. The lowest BCUT2D eigenvalue weighted by Crippen LogP contribution is -2.20. The highest BCUT2D eigenvalue weighted by molar-refractivity contribution is 6.30. The van der Waals surface area contributed by atoms with Crippen molar-refractivity contribution in [3.8, 4) is 23.1 Å². The van der Waals surface area contributed by atoms with Crippen molar-refractivity contribution in [1.82, 2.24) is 9.66 Å². The molecule has 0 aliphatic rings. The molecule has 0 spiro atoms. The van der Waals surface area contributed by atoms with Crippen LogP contribution in [-0.4, -0.2) is 35.5 Å². The molecular weight excluding hydrogens is 556 g/mol. The summed E-state index contributed by atoms with van der Waals surface area (Å²) in [6, 6.07) is 28.3. The molecule has 0 saturated carbocycles. The molecule has 42 heavy (non-hydrogen) atoms. The van der Waals surface area contributed by atoms with E-state index in [0.717, 1.165) is 5.39 Å². The zero-order chi connectivity index (χ0) is 29.1. The van der Waals surface area contributed by atoms with Gasteiger partial charge in [0.15, 0.2) is 23.9 Å². The first-order valence-electron chi connectivity index (χ1n) is 12.9. The van der Waals surface area contributed by atoms with Crippen molar-refractivity contribution >= 4 is 51.3 Å². The summed E-state index contributed by atoms with van der Waals surface area (Å²) in [5, 5.41) is 9.11. The molecule has 4 aromatic carbocycles. The lowest BCUT2D eigenvalue weighted by atomic mass is 10.2. The van der Waals surface area contributed by atoms with Crippen LogP contribution in [0.3, 0.4) is 0 Å². The van der Waals surface area contributed by atoms with E-state index in [1.165, 1.54) is 18.0 Å². The van der Waals surface area contributed by atoms with Crippen LogP contribution < -0.4 is 20.3 Å². The Hall–Kier alpha value is -5.41. The normalized spacial score (nSPS) is 11.3. The molecule has 1 amide bonds. The molecule has 1 N–H and O–H groups in total. The van der Waals surface area contributed by atoms with Gasteiger partial charge in [0.25, 0.3) is 11.5 Å². The van der Waals surface area contributed by atoms with Crippen molar-refractivity contribution in [1.29, 1.82) is 0 Å². The molecule has 0 aliphatic carbocycles. The summed E-state index contributed by atoms with van der Waals surface area (Å²) in [5.74, 6) is 1.10. The Kier molecular flexibility index (Phi) is 7.40. The predicted molar refractivity (Wildman–Crippen MR) is 163 cm³/mol. The van der Waals surface area contributed by atoms with E-state index < -0.39 is 0 Å². The van der Waals surface area contributed by atoms with Gasteiger partial charge in [0.05, 0.1) is 24.2 Å². The van der Waals surface area contributed by atoms with E-state index >= 15 is 0 Å². The van der Waals surface area contributed by atoms with Crippen molar-refractivity contribution in [2.24, 2.45) is 5.10 Å². The number of para-hydroxylation sites is 2. The van der Waals surface area contributed by atoms with Gasteiger partial charge in [-0.3, -0.25) is 9.59 Å². The summed E-state index contributed by atoms with van der Waals surface area (Å²) in [6.07, 6.45) is 1.52. The van der Waals surface area contributed by atoms with Crippen LogP contribution in [0.25, 0.3) is 33.5 Å². The Balaban J connectivity index is 1.27. The molecule has 0 saturated heterocycles. The van der Waals surface area contributed by atoms with E-state index in [9.17, 15) is 9.59 Å². The number of ether oxygens (including phenoxy) is 2. The number of furan rings is 1. The summed E-state index contributed by atoms with van der Waals surface area (Å²) in [7, 11) is 1.49. The van der Waals surface area contributed by atoms with Crippen LogP contribution >= 0.6 is 11.6 Å². The standard InChI is InChI=1S/C32H23ClN4O5/c1-40-28-16-20(10-15-27(28)41-19-30(38)35-23-13-11-22(33)12-14-23)18-34-37-31(29-17-21-6-2-5-9-26(21)42-29)36-25-8-4-3-7-24(25)32(37)39/h2-18H,19H2,1H3,(H,35,38). The second-order valence-electron chi connectivity index (χ2n) is 9.22. The minimum absolute atomic E-state index is 0.231. The third-order valence-corrected chi connectivity index (χ3v) is 6.65. The molecule has 6 rings (SSSR count). The van der Waals surface area contributed by atoms with E-state index in [4.69, 9.17) is 30.5 Å². The molecule has 10 heteroatoms. The molecule has 2 aromatic heterocycles. The molecule has 9 nitrogen and oxygen atoms in total. The smallest absolute Gasteiger partial charge is 0.282 e. The molecule has 208 valence electrons. The van der Waals surface area contributed by atoms with Gasteiger partial charge in [0.2, 0.25) is 5.82 Å². The van der Waals surface area contributed by atoms with Crippen molar-refractivity contribution < 1.29 is 18.7 Å². The van der Waals surface area contributed by atoms with E-state index in [0.29, 0.717) is 50.0 Å². The molecule has 0 atom stereocenters. The molecular formula is C32H23ClN4O5. The molecule has 0 aliphatic heterocycles. The summed E-state index contributed by atoms with van der Waals surface area (Å²) in [6.45, 7) is -0.231. The van der Waals surface area contributed by atoms with Crippen LogP contribution in [0.5, 0.6) is 11.5 Å². The predicted octanol–water partition coefficient (Wildman–Crippen LogP) is 6.37. The van der Waals surface area contributed by atoms with Crippen molar-refractivity contribution in [3.05, 3.63) is 118 Å². The van der Waals surface area contributed by atoms with E-state index in [2.05, 4.69) is 10.4 Å². The number of carbonyl (C=O) groups is 1. The van der Waals surface area contributed by atoms with Crippen LogP contribution in [0.4, 0.5) is 5.69 Å². The number of methoxy groups -OCH3 is 1. The highest BCUT2D eigenvalue weighted by atomic mass is 35.5. The number of amides is 1. The Morgan fingerprint density at radius 2 is 1.79 bits per heavy atom. The highest BCUT2D eigenvalue weighted by Crippen LogP contribution is 2.29. The minimum Gasteiger partial charge on any atom is -0.493 e. The first-order valence-corrected chi connectivity index (χ1v) is 13.3. The Morgan fingerprint density at radius 1 is 1.00 bits per heavy atom. The number of rotatable bonds is 8. The van der Waals surface area contributed by atoms with Crippen molar-refractivity contribution in [3.63, 3.8) is 0 Å². The van der Waals surface area contributed by atoms with Gasteiger partial charge >= 0.3 is 0 Å². The molecule has 0 radical (unpaired) electrons. The lowest BCUT2D eigenvalue weighted by Gasteiger charge is -2.12. The number of aromatic nitrogens is 2. The first kappa shape index (κ1) is 26.8. The number of hydrogen-bond donors (Lipinski definition) is 1. The number of anilines is 1. The van der Waals surface area contributed by atoms with E-state index in [1.54, 1.807) is 60.7 Å². The molecule has 6 aromatic rings. The summed E-state index contributed by atoms with van der Waals surface area (Å²) in [5.41, 5.74) is 2.10.